The maximum atomic E-state index is 5.86. The molecular weight excluding hydrogens is 176 g/mol. The molecule has 1 heterocycles. The summed E-state index contributed by atoms with van der Waals surface area (Å²) in [5.74, 6) is 0. The van der Waals surface area contributed by atoms with Gasteiger partial charge < -0.3 is 15.8 Å². The highest BCUT2D eigenvalue weighted by Gasteiger charge is 2.15. The Hall–Kier alpha value is -1.06. The van der Waals surface area contributed by atoms with E-state index in [0.717, 1.165) is 31.0 Å². The fourth-order valence-corrected chi connectivity index (χ4v) is 1.66. The van der Waals surface area contributed by atoms with E-state index in [9.17, 15) is 0 Å². The number of aryl methyl sites for hydroxylation is 1. The van der Waals surface area contributed by atoms with Crippen LogP contribution in [0.5, 0.6) is 0 Å². The number of rotatable bonds is 1. The Morgan fingerprint density at radius 1 is 1.50 bits per heavy atom. The lowest BCUT2D eigenvalue weighted by Crippen LogP contribution is -2.34. The summed E-state index contributed by atoms with van der Waals surface area (Å²) >= 11 is 0. The molecule has 1 aromatic carbocycles. The maximum absolute atomic E-state index is 5.86. The van der Waals surface area contributed by atoms with E-state index in [1.54, 1.807) is 0 Å². The summed E-state index contributed by atoms with van der Waals surface area (Å²) in [5, 5.41) is 3.40. The molecule has 1 aliphatic rings. The highest BCUT2D eigenvalue weighted by molar-refractivity contribution is 5.49. The number of morpholine rings is 1. The fourth-order valence-electron chi connectivity index (χ4n) is 1.66. The molecular formula is C11H16N2O. The largest absolute Gasteiger partial charge is 0.399 e. The molecule has 1 aliphatic heterocycles. The minimum absolute atomic E-state index is 0.298. The highest BCUT2D eigenvalue weighted by Crippen LogP contribution is 2.20. The fraction of sp³-hybridized carbons (Fsp3) is 0.455. The maximum Gasteiger partial charge on any atom is 0.0662 e. The molecule has 1 saturated heterocycles. The molecule has 0 bridgehead atoms. The van der Waals surface area contributed by atoms with Gasteiger partial charge in [0.1, 0.15) is 0 Å². The van der Waals surface area contributed by atoms with Crippen LogP contribution in [0, 0.1) is 6.92 Å². The molecule has 0 saturated carbocycles. The van der Waals surface area contributed by atoms with Crippen LogP contribution in [0.25, 0.3) is 0 Å². The molecule has 1 fully saturated rings. The van der Waals surface area contributed by atoms with Crippen LogP contribution in [0.4, 0.5) is 5.69 Å². The Morgan fingerprint density at radius 3 is 3.00 bits per heavy atom. The van der Waals surface area contributed by atoms with Crippen LogP contribution in [-0.4, -0.2) is 19.8 Å². The summed E-state index contributed by atoms with van der Waals surface area (Å²) in [6, 6.07) is 6.49. The predicted octanol–water partition coefficient (Wildman–Crippen LogP) is 1.24. The van der Waals surface area contributed by atoms with Crippen molar-refractivity contribution in [3.8, 4) is 0 Å². The first-order valence-electron chi connectivity index (χ1n) is 4.94. The third-order valence-corrected chi connectivity index (χ3v) is 2.63. The standard InChI is InChI=1S/C11H16N2O/c1-8-2-3-9(6-10(8)12)11-7-14-5-4-13-11/h2-3,6,11,13H,4-5,7,12H2,1H3. The molecule has 0 radical (unpaired) electrons. The minimum Gasteiger partial charge on any atom is -0.399 e. The lowest BCUT2D eigenvalue weighted by atomic mass is 10.0. The molecule has 1 atom stereocenters. The van der Waals surface area contributed by atoms with Crippen LogP contribution in [0.15, 0.2) is 18.2 Å². The Labute approximate surface area is 84.3 Å². The van der Waals surface area contributed by atoms with E-state index < -0.39 is 0 Å². The summed E-state index contributed by atoms with van der Waals surface area (Å²) in [4.78, 5) is 0. The van der Waals surface area contributed by atoms with Gasteiger partial charge in [0.2, 0.25) is 0 Å². The SMILES string of the molecule is Cc1ccc(C2COCCN2)cc1N. The predicted molar refractivity (Wildman–Crippen MR) is 57.2 cm³/mol. The average Bonchev–Trinajstić information content (AvgIpc) is 2.23. The van der Waals surface area contributed by atoms with Crippen molar-refractivity contribution >= 4 is 5.69 Å². The molecule has 0 aromatic heterocycles. The number of nitrogens with two attached hydrogens (primary N) is 1. The van der Waals surface area contributed by atoms with E-state index in [0.29, 0.717) is 6.04 Å². The number of nitrogens with one attached hydrogen (secondary N) is 1. The number of hydrogen-bond donors (Lipinski definition) is 2. The molecule has 3 heteroatoms. The second-order valence-electron chi connectivity index (χ2n) is 3.70. The number of ether oxygens (including phenoxy) is 1. The van der Waals surface area contributed by atoms with E-state index >= 15 is 0 Å². The van der Waals surface area contributed by atoms with Gasteiger partial charge in [-0.1, -0.05) is 12.1 Å². The third-order valence-electron chi connectivity index (χ3n) is 2.63. The summed E-state index contributed by atoms with van der Waals surface area (Å²) in [5.41, 5.74) is 9.06. The lowest BCUT2D eigenvalue weighted by Gasteiger charge is -2.24. The van der Waals surface area contributed by atoms with Gasteiger partial charge in [0.15, 0.2) is 0 Å². The molecule has 2 rings (SSSR count). The second kappa shape index (κ2) is 3.98. The van der Waals surface area contributed by atoms with E-state index in [1.165, 1.54) is 5.56 Å². The van der Waals surface area contributed by atoms with E-state index in [-0.39, 0.29) is 0 Å². The van der Waals surface area contributed by atoms with Crippen LogP contribution in [0.2, 0.25) is 0 Å². The second-order valence-corrected chi connectivity index (χ2v) is 3.70. The van der Waals surface area contributed by atoms with Crippen molar-refractivity contribution in [3.05, 3.63) is 29.3 Å². The first kappa shape index (κ1) is 9.49. The number of nitrogen functional groups attached to an aromatic ring is 1. The van der Waals surface area contributed by atoms with Gasteiger partial charge in [0, 0.05) is 12.2 Å². The minimum atomic E-state index is 0.298. The van der Waals surface area contributed by atoms with E-state index in [4.69, 9.17) is 10.5 Å². The summed E-state index contributed by atoms with van der Waals surface area (Å²) in [7, 11) is 0. The van der Waals surface area contributed by atoms with E-state index in [1.807, 2.05) is 13.0 Å². The van der Waals surface area contributed by atoms with Gasteiger partial charge in [-0.25, -0.2) is 0 Å². The van der Waals surface area contributed by atoms with Gasteiger partial charge in [-0.15, -0.1) is 0 Å². The molecule has 0 spiro atoms. The van der Waals surface area contributed by atoms with Gasteiger partial charge in [-0.2, -0.15) is 0 Å². The zero-order valence-electron chi connectivity index (χ0n) is 8.42. The van der Waals surface area contributed by atoms with Crippen molar-refractivity contribution in [2.45, 2.75) is 13.0 Å². The van der Waals surface area contributed by atoms with Crippen molar-refractivity contribution in [1.82, 2.24) is 5.32 Å². The molecule has 14 heavy (non-hydrogen) atoms. The number of benzene rings is 1. The highest BCUT2D eigenvalue weighted by atomic mass is 16.5. The summed E-state index contributed by atoms with van der Waals surface area (Å²) < 4.78 is 5.40. The Bertz CT molecular complexity index is 319. The average molecular weight is 192 g/mol. The van der Waals surface area contributed by atoms with Crippen LogP contribution in [0.1, 0.15) is 17.2 Å². The van der Waals surface area contributed by atoms with Crippen molar-refractivity contribution in [3.63, 3.8) is 0 Å². The summed E-state index contributed by atoms with van der Waals surface area (Å²) in [6.45, 7) is 4.47. The van der Waals surface area contributed by atoms with Gasteiger partial charge in [0.05, 0.1) is 19.3 Å². The molecule has 1 aromatic rings. The molecule has 0 amide bonds. The third kappa shape index (κ3) is 1.89. The van der Waals surface area contributed by atoms with Crippen LogP contribution < -0.4 is 11.1 Å². The number of anilines is 1. The van der Waals surface area contributed by atoms with Crippen molar-refractivity contribution in [2.24, 2.45) is 0 Å². The smallest absolute Gasteiger partial charge is 0.0662 e. The summed E-state index contributed by atoms with van der Waals surface area (Å²) in [6.07, 6.45) is 0. The van der Waals surface area contributed by atoms with Gasteiger partial charge >= 0.3 is 0 Å². The quantitative estimate of drug-likeness (QED) is 0.658. The zero-order valence-corrected chi connectivity index (χ0v) is 8.42. The Kier molecular flexibility index (Phi) is 2.70. The van der Waals surface area contributed by atoms with Crippen LogP contribution in [0.3, 0.4) is 0 Å². The molecule has 0 aliphatic carbocycles. The lowest BCUT2D eigenvalue weighted by molar-refractivity contribution is 0.0769. The monoisotopic (exact) mass is 192 g/mol. The molecule has 76 valence electrons. The molecule has 3 nitrogen and oxygen atoms in total. The molecule has 3 N–H and O–H groups in total. The Morgan fingerprint density at radius 2 is 2.36 bits per heavy atom. The molecule has 1 unspecified atom stereocenters. The topological polar surface area (TPSA) is 47.3 Å². The van der Waals surface area contributed by atoms with Crippen molar-refractivity contribution < 1.29 is 4.74 Å². The van der Waals surface area contributed by atoms with Gasteiger partial charge in [-0.05, 0) is 24.1 Å². The first-order chi connectivity index (χ1) is 6.77. The normalized spacial score (nSPS) is 22.2. The van der Waals surface area contributed by atoms with Crippen LogP contribution >= 0.6 is 0 Å². The van der Waals surface area contributed by atoms with Gasteiger partial charge in [0.25, 0.3) is 0 Å². The van der Waals surface area contributed by atoms with Gasteiger partial charge in [-0.3, -0.25) is 0 Å². The van der Waals surface area contributed by atoms with E-state index in [2.05, 4.69) is 17.4 Å². The Balaban J connectivity index is 2.18. The van der Waals surface area contributed by atoms with Crippen molar-refractivity contribution in [2.75, 3.05) is 25.5 Å². The van der Waals surface area contributed by atoms with Crippen molar-refractivity contribution in [1.29, 1.82) is 0 Å². The van der Waals surface area contributed by atoms with Crippen LogP contribution in [-0.2, 0) is 4.74 Å². The number of hydrogen-bond acceptors (Lipinski definition) is 3. The first-order valence-corrected chi connectivity index (χ1v) is 4.94. The zero-order chi connectivity index (χ0) is 9.97.